The average Bonchev–Trinajstić information content (AvgIpc) is 2.52. The van der Waals surface area contributed by atoms with Crippen molar-refractivity contribution < 1.29 is 45.3 Å². The number of hydrogen-bond acceptors (Lipinski definition) is 4. The zero-order valence-electron chi connectivity index (χ0n) is 13.5. The van der Waals surface area contributed by atoms with Crippen molar-refractivity contribution in [3.63, 3.8) is 0 Å². The van der Waals surface area contributed by atoms with Gasteiger partial charge in [0.25, 0.3) is 0 Å². The second-order valence-corrected chi connectivity index (χ2v) is 7.30. The molecule has 154 valence electrons. The van der Waals surface area contributed by atoms with Crippen LogP contribution in [-0.2, 0) is 0 Å². The minimum atomic E-state index is -4.78. The molecule has 0 saturated heterocycles. The molecule has 0 saturated carbocycles. The highest BCUT2D eigenvalue weighted by molar-refractivity contribution is 14.1. The Labute approximate surface area is 182 Å². The normalized spacial score (nSPS) is 11.9. The molecular formula is C16H10F6I2O4. The standard InChI is InChI=1S/C16H10F6I2O4/c17-15(18,19)27-9-1-3-13(11(23)7-9)25-5-6-26-14-4-2-10(8-12(14)24)28-16(20,21)22/h1-4,7-8H,5-6H2. The first-order chi connectivity index (χ1) is 12.9. The third-order valence-electron chi connectivity index (χ3n) is 2.87. The fourth-order valence-corrected chi connectivity index (χ4v) is 3.18. The van der Waals surface area contributed by atoms with Crippen LogP contribution in [0.15, 0.2) is 36.4 Å². The van der Waals surface area contributed by atoms with Gasteiger partial charge in [-0.3, -0.25) is 0 Å². The van der Waals surface area contributed by atoms with Gasteiger partial charge in [0.2, 0.25) is 0 Å². The van der Waals surface area contributed by atoms with E-state index < -0.39 is 12.7 Å². The summed E-state index contributed by atoms with van der Waals surface area (Å²) in [6.45, 7) is 0.124. The first-order valence-corrected chi connectivity index (χ1v) is 9.45. The average molecular weight is 634 g/mol. The van der Waals surface area contributed by atoms with Crippen molar-refractivity contribution in [2.45, 2.75) is 12.7 Å². The molecule has 0 amide bonds. The largest absolute Gasteiger partial charge is 0.573 e. The van der Waals surface area contributed by atoms with Crippen LogP contribution in [0.2, 0.25) is 0 Å². The Kier molecular flexibility index (Phi) is 7.75. The van der Waals surface area contributed by atoms with E-state index in [1.54, 1.807) is 45.2 Å². The maximum Gasteiger partial charge on any atom is 0.573 e. The zero-order valence-corrected chi connectivity index (χ0v) is 17.9. The Morgan fingerprint density at radius 1 is 0.643 bits per heavy atom. The van der Waals surface area contributed by atoms with E-state index in [2.05, 4.69) is 9.47 Å². The molecule has 0 aromatic heterocycles. The Morgan fingerprint density at radius 2 is 1.00 bits per heavy atom. The van der Waals surface area contributed by atoms with E-state index in [-0.39, 0.29) is 24.7 Å². The van der Waals surface area contributed by atoms with E-state index in [4.69, 9.17) is 9.47 Å². The van der Waals surface area contributed by atoms with Crippen molar-refractivity contribution in [2.24, 2.45) is 0 Å². The van der Waals surface area contributed by atoms with Gasteiger partial charge < -0.3 is 18.9 Å². The van der Waals surface area contributed by atoms with Crippen LogP contribution in [-0.4, -0.2) is 25.9 Å². The summed E-state index contributed by atoms with van der Waals surface area (Å²) in [6.07, 6.45) is -9.56. The minimum absolute atomic E-state index is 0.0619. The SMILES string of the molecule is FC(F)(F)Oc1ccc(OCCOc2ccc(OC(F)(F)F)cc2I)c(I)c1. The van der Waals surface area contributed by atoms with Crippen LogP contribution in [0.3, 0.4) is 0 Å². The summed E-state index contributed by atoms with van der Waals surface area (Å²) in [5.41, 5.74) is 0. The van der Waals surface area contributed by atoms with E-state index in [1.165, 1.54) is 24.3 Å². The number of benzene rings is 2. The molecule has 0 aliphatic rings. The highest BCUT2D eigenvalue weighted by Crippen LogP contribution is 2.31. The molecule has 0 fully saturated rings. The molecule has 12 heteroatoms. The van der Waals surface area contributed by atoms with Crippen molar-refractivity contribution >= 4 is 45.2 Å². The van der Waals surface area contributed by atoms with Crippen molar-refractivity contribution in [3.05, 3.63) is 43.5 Å². The van der Waals surface area contributed by atoms with Gasteiger partial charge in [0.1, 0.15) is 36.2 Å². The number of alkyl halides is 6. The van der Waals surface area contributed by atoms with Gasteiger partial charge in [0.15, 0.2) is 0 Å². The highest BCUT2D eigenvalue weighted by atomic mass is 127. The van der Waals surface area contributed by atoms with E-state index in [0.717, 1.165) is 12.1 Å². The first-order valence-electron chi connectivity index (χ1n) is 7.29. The zero-order chi connectivity index (χ0) is 20.9. The minimum Gasteiger partial charge on any atom is -0.489 e. The summed E-state index contributed by atoms with van der Waals surface area (Å²) in [5, 5.41) is 0. The molecule has 4 nitrogen and oxygen atoms in total. The number of halogens is 8. The fourth-order valence-electron chi connectivity index (χ4n) is 1.89. The lowest BCUT2D eigenvalue weighted by Crippen LogP contribution is -2.17. The predicted molar refractivity (Wildman–Crippen MR) is 103 cm³/mol. The summed E-state index contributed by atoms with van der Waals surface area (Å²) in [7, 11) is 0. The van der Waals surface area contributed by atoms with Gasteiger partial charge in [-0.1, -0.05) is 0 Å². The molecule has 2 rings (SSSR count). The lowest BCUT2D eigenvalue weighted by Gasteiger charge is -2.14. The van der Waals surface area contributed by atoms with Gasteiger partial charge in [0.05, 0.1) is 7.14 Å². The van der Waals surface area contributed by atoms with E-state index in [0.29, 0.717) is 18.6 Å². The highest BCUT2D eigenvalue weighted by Gasteiger charge is 2.32. The second-order valence-electron chi connectivity index (χ2n) is 4.98. The van der Waals surface area contributed by atoms with Gasteiger partial charge in [-0.15, -0.1) is 26.3 Å². The van der Waals surface area contributed by atoms with Crippen LogP contribution in [0.5, 0.6) is 23.0 Å². The third kappa shape index (κ3) is 7.97. The van der Waals surface area contributed by atoms with Crippen LogP contribution in [0.1, 0.15) is 0 Å². The summed E-state index contributed by atoms with van der Waals surface area (Å²) in [6, 6.07) is 7.24. The number of ether oxygens (including phenoxy) is 4. The van der Waals surface area contributed by atoms with Crippen molar-refractivity contribution in [3.8, 4) is 23.0 Å². The van der Waals surface area contributed by atoms with Crippen LogP contribution in [0, 0.1) is 7.14 Å². The summed E-state index contributed by atoms with van der Waals surface area (Å²) >= 11 is 3.60. The van der Waals surface area contributed by atoms with Crippen LogP contribution in [0.4, 0.5) is 26.3 Å². The molecule has 0 spiro atoms. The van der Waals surface area contributed by atoms with E-state index >= 15 is 0 Å². The fraction of sp³-hybridized carbons (Fsp3) is 0.250. The summed E-state index contributed by atoms with van der Waals surface area (Å²) < 4.78 is 92.4. The predicted octanol–water partition coefficient (Wildman–Crippen LogP) is 6.15. The van der Waals surface area contributed by atoms with Gasteiger partial charge in [-0.25, -0.2) is 0 Å². The first kappa shape index (κ1) is 23.0. The molecule has 0 atom stereocenters. The van der Waals surface area contributed by atoms with Crippen molar-refractivity contribution in [1.82, 2.24) is 0 Å². The molecule has 0 heterocycles. The number of hydrogen-bond donors (Lipinski definition) is 0. The molecule has 0 radical (unpaired) electrons. The molecule has 0 aliphatic carbocycles. The Hall–Kier alpha value is -1.32. The quantitative estimate of drug-likeness (QED) is 0.208. The third-order valence-corrected chi connectivity index (χ3v) is 4.56. The Bertz CT molecular complexity index is 743. The van der Waals surface area contributed by atoms with Gasteiger partial charge in [-0.2, -0.15) is 0 Å². The molecule has 28 heavy (non-hydrogen) atoms. The van der Waals surface area contributed by atoms with E-state index in [9.17, 15) is 26.3 Å². The number of rotatable bonds is 7. The molecule has 0 unspecified atom stereocenters. The van der Waals surface area contributed by atoms with Crippen molar-refractivity contribution in [2.75, 3.05) is 13.2 Å². The molecule has 2 aromatic carbocycles. The van der Waals surface area contributed by atoms with Crippen molar-refractivity contribution in [1.29, 1.82) is 0 Å². The topological polar surface area (TPSA) is 36.9 Å². The maximum absolute atomic E-state index is 12.2. The van der Waals surface area contributed by atoms with E-state index in [1.807, 2.05) is 0 Å². The molecule has 2 aromatic rings. The molecule has 0 N–H and O–H groups in total. The van der Waals surface area contributed by atoms with Gasteiger partial charge >= 0.3 is 12.7 Å². The lowest BCUT2D eigenvalue weighted by atomic mass is 10.3. The molecular weight excluding hydrogens is 624 g/mol. The second kappa shape index (κ2) is 9.45. The monoisotopic (exact) mass is 634 g/mol. The van der Waals surface area contributed by atoms with Crippen LogP contribution in [0.25, 0.3) is 0 Å². The van der Waals surface area contributed by atoms with Crippen LogP contribution < -0.4 is 18.9 Å². The summed E-state index contributed by atoms with van der Waals surface area (Å²) in [4.78, 5) is 0. The van der Waals surface area contributed by atoms with Crippen LogP contribution >= 0.6 is 45.2 Å². The summed E-state index contributed by atoms with van der Waals surface area (Å²) in [5.74, 6) is -0.0582. The molecule has 0 bridgehead atoms. The van der Waals surface area contributed by atoms with Gasteiger partial charge in [-0.05, 0) is 81.6 Å². The molecule has 0 aliphatic heterocycles. The maximum atomic E-state index is 12.2. The van der Waals surface area contributed by atoms with Gasteiger partial charge in [0, 0.05) is 0 Å². The smallest absolute Gasteiger partial charge is 0.489 e. The Balaban J connectivity index is 1.86. The Morgan fingerprint density at radius 3 is 1.29 bits per heavy atom. The lowest BCUT2D eigenvalue weighted by molar-refractivity contribution is -0.275.